The van der Waals surface area contributed by atoms with Crippen molar-refractivity contribution < 1.29 is 0 Å². The number of nitrogens with one attached hydrogen (secondary N) is 3. The number of fused-ring (bicyclic) bond motifs is 1. The summed E-state index contributed by atoms with van der Waals surface area (Å²) >= 11 is 0. The number of hydrogen-bond acceptors (Lipinski definition) is 3. The smallest absolute Gasteiger partial charge is 0.139 e. The fraction of sp³-hybridized carbons (Fsp3) is 0.0909. The molecule has 0 spiro atoms. The number of nitrogens with zero attached hydrogens (tertiary/aromatic N) is 2. The average molecular weight is 213 g/mol. The molecule has 0 fully saturated rings. The number of anilines is 1. The maximum atomic E-state index is 4.37. The molecule has 0 aromatic carbocycles. The number of rotatable bonds is 2. The molecular formula is C11H11N5. The van der Waals surface area contributed by atoms with Crippen LogP contribution in [0.3, 0.4) is 0 Å². The molecule has 0 saturated heterocycles. The lowest BCUT2D eigenvalue weighted by molar-refractivity contribution is 1.09. The molecule has 0 aliphatic heterocycles. The fourth-order valence-electron chi connectivity index (χ4n) is 1.89. The van der Waals surface area contributed by atoms with Gasteiger partial charge in [0.1, 0.15) is 5.65 Å². The maximum Gasteiger partial charge on any atom is 0.139 e. The monoisotopic (exact) mass is 213 g/mol. The number of hydrogen-bond donors (Lipinski definition) is 3. The van der Waals surface area contributed by atoms with Crippen LogP contribution in [0.1, 0.15) is 0 Å². The first-order chi connectivity index (χ1) is 7.90. The van der Waals surface area contributed by atoms with Crippen molar-refractivity contribution in [1.82, 2.24) is 20.2 Å². The molecule has 3 heterocycles. The molecule has 80 valence electrons. The van der Waals surface area contributed by atoms with Gasteiger partial charge in [-0.1, -0.05) is 0 Å². The van der Waals surface area contributed by atoms with Crippen molar-refractivity contribution in [3.63, 3.8) is 0 Å². The van der Waals surface area contributed by atoms with Crippen LogP contribution in [0.4, 0.5) is 5.69 Å². The quantitative estimate of drug-likeness (QED) is 0.609. The Bertz CT molecular complexity index is 608. The second kappa shape index (κ2) is 3.37. The van der Waals surface area contributed by atoms with E-state index in [9.17, 15) is 0 Å². The lowest BCUT2D eigenvalue weighted by Crippen LogP contribution is -1.93. The van der Waals surface area contributed by atoms with Gasteiger partial charge in [-0.3, -0.25) is 5.10 Å². The van der Waals surface area contributed by atoms with E-state index in [-0.39, 0.29) is 0 Å². The second-order valence-corrected chi connectivity index (χ2v) is 3.52. The number of H-pyrrole nitrogens is 2. The van der Waals surface area contributed by atoms with Crippen LogP contribution in [0.5, 0.6) is 0 Å². The van der Waals surface area contributed by atoms with Crippen molar-refractivity contribution >= 4 is 16.7 Å². The fourth-order valence-corrected chi connectivity index (χ4v) is 1.89. The highest BCUT2D eigenvalue weighted by molar-refractivity contribution is 5.97. The molecule has 3 N–H and O–H groups in total. The Morgan fingerprint density at radius 2 is 2.25 bits per heavy atom. The van der Waals surface area contributed by atoms with E-state index in [1.807, 2.05) is 31.7 Å². The summed E-state index contributed by atoms with van der Waals surface area (Å²) in [6, 6.07) is 2.01. The van der Waals surface area contributed by atoms with E-state index in [4.69, 9.17) is 0 Å². The summed E-state index contributed by atoms with van der Waals surface area (Å²) in [6.07, 6.45) is 7.37. The lowest BCUT2D eigenvalue weighted by Gasteiger charge is -2.07. The Balaban J connectivity index is 2.32. The van der Waals surface area contributed by atoms with Crippen LogP contribution in [0.2, 0.25) is 0 Å². The maximum absolute atomic E-state index is 4.37. The normalized spacial score (nSPS) is 10.8. The third kappa shape index (κ3) is 1.18. The van der Waals surface area contributed by atoms with Crippen molar-refractivity contribution in [1.29, 1.82) is 0 Å². The van der Waals surface area contributed by atoms with Crippen LogP contribution in [0.25, 0.3) is 22.2 Å². The Kier molecular flexibility index (Phi) is 1.89. The topological polar surface area (TPSA) is 69.4 Å². The highest BCUT2D eigenvalue weighted by Gasteiger charge is 2.10. The molecule has 0 saturated carbocycles. The highest BCUT2D eigenvalue weighted by Crippen LogP contribution is 2.32. The molecule has 3 rings (SSSR count). The summed E-state index contributed by atoms with van der Waals surface area (Å²) in [7, 11) is 1.91. The summed E-state index contributed by atoms with van der Waals surface area (Å²) in [5.74, 6) is 0. The third-order valence-electron chi connectivity index (χ3n) is 2.65. The predicted molar refractivity (Wildman–Crippen MR) is 63.2 cm³/mol. The molecule has 0 bridgehead atoms. The van der Waals surface area contributed by atoms with E-state index < -0.39 is 0 Å². The Labute approximate surface area is 91.9 Å². The van der Waals surface area contributed by atoms with Gasteiger partial charge in [0.05, 0.1) is 11.9 Å². The standard InChI is InChI=1S/C11H11N5/c1-12-10-8-2-3-13-11(8)14-6-9(10)7-4-15-16-5-7/h2-6H,1H3,(H,15,16)(H2,12,13,14). The van der Waals surface area contributed by atoms with Crippen LogP contribution < -0.4 is 5.32 Å². The molecule has 16 heavy (non-hydrogen) atoms. The average Bonchev–Trinajstić information content (AvgIpc) is 2.97. The van der Waals surface area contributed by atoms with E-state index >= 15 is 0 Å². The van der Waals surface area contributed by atoms with E-state index in [1.165, 1.54) is 0 Å². The van der Waals surface area contributed by atoms with Crippen LogP contribution in [0, 0.1) is 0 Å². The van der Waals surface area contributed by atoms with E-state index in [1.54, 1.807) is 6.20 Å². The lowest BCUT2D eigenvalue weighted by atomic mass is 10.1. The van der Waals surface area contributed by atoms with Gasteiger partial charge in [-0.15, -0.1) is 0 Å². The predicted octanol–water partition coefficient (Wildman–Crippen LogP) is 1.99. The Hall–Kier alpha value is -2.30. The first kappa shape index (κ1) is 8.96. The van der Waals surface area contributed by atoms with Crippen LogP contribution in [0.15, 0.2) is 30.9 Å². The molecular weight excluding hydrogens is 202 g/mol. The molecule has 0 atom stereocenters. The summed E-state index contributed by atoms with van der Waals surface area (Å²) in [4.78, 5) is 7.46. The van der Waals surface area contributed by atoms with E-state index in [0.29, 0.717) is 0 Å². The molecule has 3 aromatic heterocycles. The van der Waals surface area contributed by atoms with Gasteiger partial charge in [-0.2, -0.15) is 5.10 Å². The first-order valence-electron chi connectivity index (χ1n) is 5.03. The molecule has 5 heteroatoms. The van der Waals surface area contributed by atoms with Gasteiger partial charge < -0.3 is 10.3 Å². The van der Waals surface area contributed by atoms with Gasteiger partial charge in [0.2, 0.25) is 0 Å². The second-order valence-electron chi connectivity index (χ2n) is 3.52. The van der Waals surface area contributed by atoms with Gasteiger partial charge in [0.25, 0.3) is 0 Å². The Morgan fingerprint density at radius 3 is 3.00 bits per heavy atom. The van der Waals surface area contributed by atoms with Crippen molar-refractivity contribution in [2.45, 2.75) is 0 Å². The zero-order valence-corrected chi connectivity index (χ0v) is 8.78. The summed E-state index contributed by atoms with van der Waals surface area (Å²) < 4.78 is 0. The van der Waals surface area contributed by atoms with Crippen molar-refractivity contribution in [3.8, 4) is 11.1 Å². The van der Waals surface area contributed by atoms with Gasteiger partial charge in [0.15, 0.2) is 0 Å². The van der Waals surface area contributed by atoms with Gasteiger partial charge in [-0.25, -0.2) is 4.98 Å². The van der Waals surface area contributed by atoms with E-state index in [2.05, 4.69) is 25.5 Å². The molecule has 0 unspecified atom stereocenters. The Morgan fingerprint density at radius 1 is 1.31 bits per heavy atom. The van der Waals surface area contributed by atoms with Gasteiger partial charge >= 0.3 is 0 Å². The molecule has 0 radical (unpaired) electrons. The van der Waals surface area contributed by atoms with Crippen molar-refractivity contribution in [3.05, 3.63) is 30.9 Å². The van der Waals surface area contributed by atoms with Gasteiger partial charge in [-0.05, 0) is 6.07 Å². The van der Waals surface area contributed by atoms with Gasteiger partial charge in [0, 0.05) is 42.2 Å². The summed E-state index contributed by atoms with van der Waals surface area (Å²) in [5.41, 5.74) is 4.02. The zero-order chi connectivity index (χ0) is 11.0. The minimum atomic E-state index is 0.886. The molecule has 5 nitrogen and oxygen atoms in total. The number of aromatic nitrogens is 4. The molecule has 0 aliphatic rings. The number of aromatic amines is 2. The molecule has 0 aliphatic carbocycles. The zero-order valence-electron chi connectivity index (χ0n) is 8.78. The van der Waals surface area contributed by atoms with E-state index in [0.717, 1.165) is 27.8 Å². The first-order valence-corrected chi connectivity index (χ1v) is 5.03. The minimum absolute atomic E-state index is 0.886. The van der Waals surface area contributed by atoms with Crippen LogP contribution in [-0.2, 0) is 0 Å². The SMILES string of the molecule is CNc1c(-c2cn[nH]c2)cnc2[nH]ccc12. The molecule has 0 amide bonds. The molecule has 3 aromatic rings. The van der Waals surface area contributed by atoms with Crippen molar-refractivity contribution in [2.75, 3.05) is 12.4 Å². The van der Waals surface area contributed by atoms with Crippen molar-refractivity contribution in [2.24, 2.45) is 0 Å². The largest absolute Gasteiger partial charge is 0.387 e. The third-order valence-corrected chi connectivity index (χ3v) is 2.65. The highest BCUT2D eigenvalue weighted by atomic mass is 15.1. The minimum Gasteiger partial charge on any atom is -0.387 e. The summed E-state index contributed by atoms with van der Waals surface area (Å²) in [5, 5.41) is 11.1. The summed E-state index contributed by atoms with van der Waals surface area (Å²) in [6.45, 7) is 0. The van der Waals surface area contributed by atoms with Crippen LogP contribution in [-0.4, -0.2) is 27.2 Å². The van der Waals surface area contributed by atoms with Crippen LogP contribution >= 0.6 is 0 Å². The number of pyridine rings is 1.